The van der Waals surface area contributed by atoms with E-state index in [1.165, 1.54) is 18.3 Å². The number of rotatable bonds is 6. The van der Waals surface area contributed by atoms with E-state index in [9.17, 15) is 8.42 Å². The summed E-state index contributed by atoms with van der Waals surface area (Å²) < 4.78 is 31.9. The summed E-state index contributed by atoms with van der Waals surface area (Å²) >= 11 is 0. The van der Waals surface area contributed by atoms with Crippen molar-refractivity contribution < 1.29 is 13.2 Å². The molecule has 2 rings (SSSR count). The monoisotopic (exact) mass is 307 g/mol. The largest absolute Gasteiger partial charge is 0.496 e. The van der Waals surface area contributed by atoms with Crippen molar-refractivity contribution in [3.63, 3.8) is 0 Å². The number of pyridine rings is 1. The van der Waals surface area contributed by atoms with Crippen LogP contribution < -0.4 is 15.2 Å². The summed E-state index contributed by atoms with van der Waals surface area (Å²) in [5.74, 6) is 1.02. The molecule has 0 radical (unpaired) electrons. The van der Waals surface area contributed by atoms with E-state index in [2.05, 4.69) is 9.71 Å². The lowest BCUT2D eigenvalue weighted by Gasteiger charge is -2.09. The molecule has 1 aromatic heterocycles. The molecule has 21 heavy (non-hydrogen) atoms. The highest BCUT2D eigenvalue weighted by molar-refractivity contribution is 7.89. The highest BCUT2D eigenvalue weighted by atomic mass is 32.2. The van der Waals surface area contributed by atoms with Gasteiger partial charge in [-0.25, -0.2) is 18.1 Å². The van der Waals surface area contributed by atoms with Crippen LogP contribution >= 0.6 is 0 Å². The van der Waals surface area contributed by atoms with Gasteiger partial charge in [0.15, 0.2) is 0 Å². The molecule has 0 saturated carbocycles. The van der Waals surface area contributed by atoms with Crippen LogP contribution in [0.1, 0.15) is 5.56 Å². The van der Waals surface area contributed by atoms with Gasteiger partial charge in [-0.2, -0.15) is 0 Å². The van der Waals surface area contributed by atoms with E-state index in [0.29, 0.717) is 6.42 Å². The van der Waals surface area contributed by atoms with E-state index in [1.54, 1.807) is 7.11 Å². The molecule has 2 aromatic rings. The molecule has 0 aliphatic carbocycles. The average molecular weight is 307 g/mol. The van der Waals surface area contributed by atoms with Crippen LogP contribution in [0.4, 0.5) is 5.82 Å². The van der Waals surface area contributed by atoms with Gasteiger partial charge in [0.25, 0.3) is 0 Å². The lowest BCUT2D eigenvalue weighted by molar-refractivity contribution is 0.409. The first kappa shape index (κ1) is 15.3. The van der Waals surface area contributed by atoms with Gasteiger partial charge < -0.3 is 10.5 Å². The van der Waals surface area contributed by atoms with E-state index in [-0.39, 0.29) is 17.3 Å². The highest BCUT2D eigenvalue weighted by Gasteiger charge is 2.14. The number of hydrogen-bond acceptors (Lipinski definition) is 5. The SMILES string of the molecule is COc1ccccc1CCNS(=O)(=O)c1ccc(N)nc1. The second kappa shape index (κ2) is 6.55. The van der Waals surface area contributed by atoms with Gasteiger partial charge in [-0.3, -0.25) is 0 Å². The van der Waals surface area contributed by atoms with E-state index in [4.69, 9.17) is 10.5 Å². The molecule has 0 spiro atoms. The number of methoxy groups -OCH3 is 1. The van der Waals surface area contributed by atoms with Gasteiger partial charge in [0, 0.05) is 12.7 Å². The number of benzene rings is 1. The van der Waals surface area contributed by atoms with E-state index in [0.717, 1.165) is 11.3 Å². The maximum absolute atomic E-state index is 12.1. The number of nitrogens with one attached hydrogen (secondary N) is 1. The number of ether oxygens (including phenoxy) is 1. The fourth-order valence-corrected chi connectivity index (χ4v) is 2.84. The molecule has 6 nitrogen and oxygen atoms in total. The van der Waals surface area contributed by atoms with Gasteiger partial charge in [-0.15, -0.1) is 0 Å². The Kier molecular flexibility index (Phi) is 4.77. The third kappa shape index (κ3) is 3.93. The maximum Gasteiger partial charge on any atom is 0.242 e. The molecule has 112 valence electrons. The zero-order valence-electron chi connectivity index (χ0n) is 11.6. The molecule has 0 saturated heterocycles. The molecule has 0 aliphatic rings. The van der Waals surface area contributed by atoms with E-state index >= 15 is 0 Å². The van der Waals surface area contributed by atoms with E-state index < -0.39 is 10.0 Å². The zero-order chi connectivity index (χ0) is 15.3. The van der Waals surface area contributed by atoms with Crippen molar-refractivity contribution in [1.29, 1.82) is 0 Å². The lowest BCUT2D eigenvalue weighted by atomic mass is 10.1. The normalized spacial score (nSPS) is 11.3. The summed E-state index contributed by atoms with van der Waals surface area (Å²) in [6.45, 7) is 0.271. The number of para-hydroxylation sites is 1. The summed E-state index contributed by atoms with van der Waals surface area (Å²) in [6, 6.07) is 10.4. The van der Waals surface area contributed by atoms with Gasteiger partial charge in [-0.1, -0.05) is 18.2 Å². The molecule has 0 fully saturated rings. The Morgan fingerprint density at radius 1 is 1.24 bits per heavy atom. The first-order valence-corrected chi connectivity index (χ1v) is 7.84. The predicted octanol–water partition coefficient (Wildman–Crippen LogP) is 1.19. The van der Waals surface area contributed by atoms with Crippen molar-refractivity contribution in [3.8, 4) is 5.75 Å². The van der Waals surface area contributed by atoms with Crippen molar-refractivity contribution >= 4 is 15.8 Å². The number of sulfonamides is 1. The van der Waals surface area contributed by atoms with Crippen LogP contribution in [0.2, 0.25) is 0 Å². The molecule has 1 aromatic carbocycles. The first-order valence-electron chi connectivity index (χ1n) is 6.36. The van der Waals surface area contributed by atoms with Crippen molar-refractivity contribution in [2.24, 2.45) is 0 Å². The fourth-order valence-electron chi connectivity index (χ4n) is 1.86. The minimum Gasteiger partial charge on any atom is -0.496 e. The van der Waals surface area contributed by atoms with Crippen LogP contribution in [-0.2, 0) is 16.4 Å². The minimum atomic E-state index is -3.58. The van der Waals surface area contributed by atoms with Crippen molar-refractivity contribution in [3.05, 3.63) is 48.2 Å². The van der Waals surface area contributed by atoms with Gasteiger partial charge in [0.1, 0.15) is 16.5 Å². The molecule has 0 bridgehead atoms. The van der Waals surface area contributed by atoms with Crippen LogP contribution in [0.25, 0.3) is 0 Å². The average Bonchev–Trinajstić information content (AvgIpc) is 2.48. The number of nitrogen functional groups attached to an aromatic ring is 1. The zero-order valence-corrected chi connectivity index (χ0v) is 12.4. The summed E-state index contributed by atoms with van der Waals surface area (Å²) in [5.41, 5.74) is 6.38. The number of aromatic nitrogens is 1. The Hall–Kier alpha value is -2.12. The van der Waals surface area contributed by atoms with Gasteiger partial charge in [0.2, 0.25) is 10.0 Å². The Labute approximate surface area is 124 Å². The summed E-state index contributed by atoms with van der Waals surface area (Å²) in [7, 11) is -1.99. The fraction of sp³-hybridized carbons (Fsp3) is 0.214. The highest BCUT2D eigenvalue weighted by Crippen LogP contribution is 2.17. The molecule has 3 N–H and O–H groups in total. The summed E-state index contributed by atoms with van der Waals surface area (Å²) in [6.07, 6.45) is 1.77. The van der Waals surface area contributed by atoms with Gasteiger partial charge >= 0.3 is 0 Å². The predicted molar refractivity (Wildman–Crippen MR) is 80.5 cm³/mol. The van der Waals surface area contributed by atoms with Crippen molar-refractivity contribution in [1.82, 2.24) is 9.71 Å². The van der Waals surface area contributed by atoms with Gasteiger partial charge in [-0.05, 0) is 30.2 Å². The third-order valence-corrected chi connectivity index (χ3v) is 4.39. The number of anilines is 1. The second-order valence-corrected chi connectivity index (χ2v) is 6.15. The number of nitrogens with zero attached hydrogens (tertiary/aromatic N) is 1. The standard InChI is InChI=1S/C14H17N3O3S/c1-20-13-5-3-2-4-11(13)8-9-17-21(18,19)12-6-7-14(15)16-10-12/h2-7,10,17H,8-9H2,1H3,(H2,15,16). The van der Waals surface area contributed by atoms with Crippen molar-refractivity contribution in [2.45, 2.75) is 11.3 Å². The summed E-state index contributed by atoms with van der Waals surface area (Å²) in [4.78, 5) is 3.87. The topological polar surface area (TPSA) is 94.3 Å². The smallest absolute Gasteiger partial charge is 0.242 e. The third-order valence-electron chi connectivity index (χ3n) is 2.95. The quantitative estimate of drug-likeness (QED) is 0.836. The van der Waals surface area contributed by atoms with Crippen LogP contribution in [0.15, 0.2) is 47.5 Å². The molecule has 0 aliphatic heterocycles. The Bertz CT molecular complexity index is 700. The molecular weight excluding hydrogens is 290 g/mol. The molecule has 1 heterocycles. The van der Waals surface area contributed by atoms with Crippen LogP contribution in [0, 0.1) is 0 Å². The van der Waals surface area contributed by atoms with E-state index in [1.807, 2.05) is 24.3 Å². The molecule has 7 heteroatoms. The van der Waals surface area contributed by atoms with Gasteiger partial charge in [0.05, 0.1) is 7.11 Å². The summed E-state index contributed by atoms with van der Waals surface area (Å²) in [5, 5.41) is 0. The minimum absolute atomic E-state index is 0.0942. The van der Waals surface area contributed by atoms with Crippen LogP contribution in [0.3, 0.4) is 0 Å². The maximum atomic E-state index is 12.1. The lowest BCUT2D eigenvalue weighted by Crippen LogP contribution is -2.26. The molecule has 0 unspecified atom stereocenters. The Morgan fingerprint density at radius 3 is 2.67 bits per heavy atom. The van der Waals surface area contributed by atoms with Crippen LogP contribution in [0.5, 0.6) is 5.75 Å². The Morgan fingerprint density at radius 2 is 2.00 bits per heavy atom. The Balaban J connectivity index is 2.01. The number of hydrogen-bond donors (Lipinski definition) is 2. The number of nitrogens with two attached hydrogens (primary N) is 1. The van der Waals surface area contributed by atoms with Crippen LogP contribution in [-0.4, -0.2) is 27.1 Å². The first-order chi connectivity index (χ1) is 10.0. The molecule has 0 amide bonds. The van der Waals surface area contributed by atoms with Crippen molar-refractivity contribution in [2.75, 3.05) is 19.4 Å². The molecular formula is C14H17N3O3S. The second-order valence-electron chi connectivity index (χ2n) is 4.38. The molecule has 0 atom stereocenters.